The summed E-state index contributed by atoms with van der Waals surface area (Å²) in [7, 11) is 0. The summed E-state index contributed by atoms with van der Waals surface area (Å²) in [6, 6.07) is 7.71. The van der Waals surface area contributed by atoms with Crippen molar-refractivity contribution in [1.82, 2.24) is 9.97 Å². The average Bonchev–Trinajstić information content (AvgIpc) is 2.80. The molecule has 6 heteroatoms. The SMILES string of the molecule is Cl.NC1(c2nc3ccccc3[nH]2)C(Cl)=CC=CC1Cl. The van der Waals surface area contributed by atoms with Crippen LogP contribution in [0.4, 0.5) is 0 Å². The highest BCUT2D eigenvalue weighted by Gasteiger charge is 2.41. The molecule has 1 aromatic heterocycles. The van der Waals surface area contributed by atoms with E-state index in [4.69, 9.17) is 28.9 Å². The maximum atomic E-state index is 6.35. The summed E-state index contributed by atoms with van der Waals surface area (Å²) in [5.74, 6) is 0.578. The van der Waals surface area contributed by atoms with Gasteiger partial charge < -0.3 is 10.7 Å². The molecule has 1 aliphatic rings. The van der Waals surface area contributed by atoms with E-state index in [2.05, 4.69) is 9.97 Å². The van der Waals surface area contributed by atoms with Crippen LogP contribution in [0.5, 0.6) is 0 Å². The maximum absolute atomic E-state index is 6.35. The lowest BCUT2D eigenvalue weighted by atomic mass is 9.90. The van der Waals surface area contributed by atoms with Crippen LogP contribution >= 0.6 is 35.6 Å². The number of hydrogen-bond donors (Lipinski definition) is 2. The van der Waals surface area contributed by atoms with Gasteiger partial charge in [0.05, 0.1) is 16.4 Å². The Morgan fingerprint density at radius 1 is 1.32 bits per heavy atom. The molecule has 1 aliphatic carbocycles. The van der Waals surface area contributed by atoms with E-state index in [-0.39, 0.29) is 12.4 Å². The molecule has 1 aromatic carbocycles. The van der Waals surface area contributed by atoms with Crippen molar-refractivity contribution in [1.29, 1.82) is 0 Å². The van der Waals surface area contributed by atoms with Crippen LogP contribution in [0.15, 0.2) is 47.5 Å². The largest absolute Gasteiger partial charge is 0.340 e. The first-order valence-electron chi connectivity index (χ1n) is 5.55. The molecular weight excluding hydrogens is 305 g/mol. The number of rotatable bonds is 1. The lowest BCUT2D eigenvalue weighted by molar-refractivity contribution is 0.529. The highest BCUT2D eigenvalue weighted by Crippen LogP contribution is 2.38. The minimum absolute atomic E-state index is 0. The molecule has 0 amide bonds. The van der Waals surface area contributed by atoms with Crippen LogP contribution in [0.25, 0.3) is 11.0 Å². The molecule has 2 aromatic rings. The lowest BCUT2D eigenvalue weighted by Gasteiger charge is -2.31. The number of hydrogen-bond acceptors (Lipinski definition) is 2. The zero-order valence-electron chi connectivity index (χ0n) is 9.81. The number of para-hydroxylation sites is 2. The molecule has 2 unspecified atom stereocenters. The summed E-state index contributed by atoms with van der Waals surface area (Å²) >= 11 is 12.5. The van der Waals surface area contributed by atoms with Crippen molar-refractivity contribution in [3.8, 4) is 0 Å². The topological polar surface area (TPSA) is 54.7 Å². The lowest BCUT2D eigenvalue weighted by Crippen LogP contribution is -2.47. The van der Waals surface area contributed by atoms with Crippen LogP contribution in [-0.2, 0) is 5.54 Å². The summed E-state index contributed by atoms with van der Waals surface area (Å²) in [5, 5.41) is 0.0413. The Morgan fingerprint density at radius 2 is 2.05 bits per heavy atom. The number of H-pyrrole nitrogens is 1. The van der Waals surface area contributed by atoms with Crippen LogP contribution in [0, 0.1) is 0 Å². The molecule has 0 bridgehead atoms. The van der Waals surface area contributed by atoms with Crippen molar-refractivity contribution < 1.29 is 0 Å². The number of allylic oxidation sites excluding steroid dienone is 2. The predicted molar refractivity (Wildman–Crippen MR) is 81.9 cm³/mol. The molecule has 19 heavy (non-hydrogen) atoms. The van der Waals surface area contributed by atoms with Crippen molar-refractivity contribution in [2.24, 2.45) is 5.73 Å². The Kier molecular flexibility index (Phi) is 3.92. The first kappa shape index (κ1) is 14.4. The van der Waals surface area contributed by atoms with Gasteiger partial charge >= 0.3 is 0 Å². The first-order valence-corrected chi connectivity index (χ1v) is 6.36. The predicted octanol–water partition coefficient (Wildman–Crippen LogP) is 3.44. The van der Waals surface area contributed by atoms with Crippen molar-refractivity contribution >= 4 is 46.6 Å². The number of benzene rings is 1. The Balaban J connectivity index is 0.00000133. The van der Waals surface area contributed by atoms with E-state index in [9.17, 15) is 0 Å². The smallest absolute Gasteiger partial charge is 0.134 e. The fourth-order valence-electron chi connectivity index (χ4n) is 2.05. The van der Waals surface area contributed by atoms with Gasteiger partial charge in [0, 0.05) is 5.03 Å². The van der Waals surface area contributed by atoms with E-state index in [1.165, 1.54) is 0 Å². The zero-order valence-corrected chi connectivity index (χ0v) is 12.1. The van der Waals surface area contributed by atoms with E-state index in [1.807, 2.05) is 24.3 Å². The molecule has 0 saturated heterocycles. The first-order chi connectivity index (χ1) is 8.62. The van der Waals surface area contributed by atoms with Gasteiger partial charge in [-0.3, -0.25) is 0 Å². The van der Waals surface area contributed by atoms with Crippen molar-refractivity contribution in [3.63, 3.8) is 0 Å². The second-order valence-corrected chi connectivity index (χ2v) is 5.15. The van der Waals surface area contributed by atoms with Crippen molar-refractivity contribution in [2.45, 2.75) is 10.9 Å². The Labute approximate surface area is 126 Å². The van der Waals surface area contributed by atoms with Gasteiger partial charge in [-0.2, -0.15) is 0 Å². The van der Waals surface area contributed by atoms with E-state index < -0.39 is 10.9 Å². The molecule has 0 radical (unpaired) electrons. The van der Waals surface area contributed by atoms with E-state index in [1.54, 1.807) is 18.2 Å². The number of halogens is 3. The minimum atomic E-state index is -1.00. The monoisotopic (exact) mass is 315 g/mol. The number of nitrogens with zero attached hydrogens (tertiary/aromatic N) is 1. The zero-order chi connectivity index (χ0) is 12.8. The second kappa shape index (κ2) is 5.17. The summed E-state index contributed by atoms with van der Waals surface area (Å²) in [5.41, 5.74) is 7.12. The molecule has 0 fully saturated rings. The van der Waals surface area contributed by atoms with Gasteiger partial charge in [0.15, 0.2) is 0 Å². The third kappa shape index (κ3) is 2.17. The third-order valence-corrected chi connectivity index (χ3v) is 4.06. The number of alkyl halides is 1. The number of imidazole rings is 1. The molecule has 0 aliphatic heterocycles. The number of aromatic nitrogens is 2. The highest BCUT2D eigenvalue weighted by molar-refractivity contribution is 6.33. The van der Waals surface area contributed by atoms with Gasteiger partial charge in [-0.25, -0.2) is 4.98 Å². The Hall–Kier alpha value is -1.000. The molecule has 2 atom stereocenters. The van der Waals surface area contributed by atoms with Gasteiger partial charge in [0.1, 0.15) is 11.4 Å². The van der Waals surface area contributed by atoms with Crippen LogP contribution < -0.4 is 5.73 Å². The van der Waals surface area contributed by atoms with E-state index in [0.717, 1.165) is 11.0 Å². The Bertz CT molecular complexity index is 629. The fraction of sp³-hybridized carbons (Fsp3) is 0.154. The highest BCUT2D eigenvalue weighted by atomic mass is 35.5. The minimum Gasteiger partial charge on any atom is -0.340 e. The molecule has 3 nitrogen and oxygen atoms in total. The normalized spacial score (nSPS) is 26.1. The molecule has 3 N–H and O–H groups in total. The quantitative estimate of drug-likeness (QED) is 0.792. The molecular formula is C13H12Cl3N3. The summed E-state index contributed by atoms with van der Waals surface area (Å²) < 4.78 is 0. The summed E-state index contributed by atoms with van der Waals surface area (Å²) in [6.45, 7) is 0. The van der Waals surface area contributed by atoms with Gasteiger partial charge in [-0.1, -0.05) is 35.9 Å². The standard InChI is InChI=1S/C13H11Cl2N3.ClH/c14-10-6-3-7-11(15)13(10,16)12-17-8-4-1-2-5-9(8)18-12;/h1-7,10H,16H2,(H,17,18);1H. The van der Waals surface area contributed by atoms with Crippen molar-refractivity contribution in [2.75, 3.05) is 0 Å². The van der Waals surface area contributed by atoms with E-state index >= 15 is 0 Å². The second-order valence-electron chi connectivity index (χ2n) is 4.27. The van der Waals surface area contributed by atoms with E-state index in [0.29, 0.717) is 10.9 Å². The maximum Gasteiger partial charge on any atom is 0.134 e. The van der Waals surface area contributed by atoms with Gasteiger partial charge in [-0.05, 0) is 18.2 Å². The Morgan fingerprint density at radius 3 is 2.74 bits per heavy atom. The fourth-order valence-corrected chi connectivity index (χ4v) is 2.69. The van der Waals surface area contributed by atoms with Gasteiger partial charge in [-0.15, -0.1) is 24.0 Å². The molecule has 3 rings (SSSR count). The van der Waals surface area contributed by atoms with Crippen LogP contribution in [-0.4, -0.2) is 15.3 Å². The third-order valence-electron chi connectivity index (χ3n) is 3.13. The van der Waals surface area contributed by atoms with Crippen LogP contribution in [0.2, 0.25) is 0 Å². The van der Waals surface area contributed by atoms with Gasteiger partial charge in [0.2, 0.25) is 0 Å². The molecule has 100 valence electrons. The molecule has 0 spiro atoms. The summed E-state index contributed by atoms with van der Waals surface area (Å²) in [4.78, 5) is 7.67. The molecule has 0 saturated carbocycles. The number of aromatic amines is 1. The number of nitrogens with two attached hydrogens (primary N) is 1. The number of fused-ring (bicyclic) bond motifs is 1. The van der Waals surface area contributed by atoms with Gasteiger partial charge in [0.25, 0.3) is 0 Å². The summed E-state index contributed by atoms with van der Waals surface area (Å²) in [6.07, 6.45) is 5.35. The van der Waals surface area contributed by atoms with Crippen LogP contribution in [0.3, 0.4) is 0 Å². The number of nitrogens with one attached hydrogen (secondary N) is 1. The molecule has 1 heterocycles. The van der Waals surface area contributed by atoms with Crippen LogP contribution in [0.1, 0.15) is 5.82 Å². The van der Waals surface area contributed by atoms with Crippen molar-refractivity contribution in [3.05, 3.63) is 53.4 Å². The average molecular weight is 317 g/mol.